The lowest BCUT2D eigenvalue weighted by molar-refractivity contribution is 0.0692. The monoisotopic (exact) mass is 239 g/mol. The third-order valence-corrected chi connectivity index (χ3v) is 3.02. The molecule has 0 spiro atoms. The quantitative estimate of drug-likeness (QED) is 0.738. The van der Waals surface area contributed by atoms with Crippen molar-refractivity contribution >= 4 is 5.97 Å². The summed E-state index contributed by atoms with van der Waals surface area (Å²) in [5, 5.41) is 21.9. The molecule has 0 bridgehead atoms. The van der Waals surface area contributed by atoms with Gasteiger partial charge in [0.1, 0.15) is 17.1 Å². The molecule has 92 valence electrons. The smallest absolute Gasteiger partial charge is 0.339 e. The Bertz CT molecular complexity index is 442. The predicted molar refractivity (Wildman–Crippen MR) is 59.6 cm³/mol. The molecule has 1 atom stereocenters. The van der Waals surface area contributed by atoms with Crippen LogP contribution >= 0.6 is 0 Å². The van der Waals surface area contributed by atoms with Crippen LogP contribution in [0, 0.1) is 5.82 Å². The maximum Gasteiger partial charge on any atom is 0.339 e. The Morgan fingerprint density at radius 3 is 2.76 bits per heavy atom. The van der Waals surface area contributed by atoms with Crippen molar-refractivity contribution in [2.24, 2.45) is 0 Å². The Labute approximate surface area is 98.1 Å². The zero-order valence-corrected chi connectivity index (χ0v) is 9.24. The zero-order valence-electron chi connectivity index (χ0n) is 9.24. The Balaban J connectivity index is 2.41. The Morgan fingerprint density at radius 1 is 1.41 bits per heavy atom. The first-order valence-corrected chi connectivity index (χ1v) is 5.58. The van der Waals surface area contributed by atoms with Crippen molar-refractivity contribution in [2.45, 2.75) is 25.3 Å². The van der Waals surface area contributed by atoms with Crippen LogP contribution in [0.3, 0.4) is 0 Å². The summed E-state index contributed by atoms with van der Waals surface area (Å²) in [4.78, 5) is 10.9. The highest BCUT2D eigenvalue weighted by Gasteiger charge is 2.23. The average Bonchev–Trinajstić information content (AvgIpc) is 2.32. The number of phenols is 1. The molecule has 0 amide bonds. The van der Waals surface area contributed by atoms with Gasteiger partial charge in [-0.2, -0.15) is 0 Å². The molecular weight excluding hydrogens is 225 g/mol. The molecule has 0 radical (unpaired) electrons. The number of piperidine rings is 1. The average molecular weight is 239 g/mol. The van der Waals surface area contributed by atoms with Crippen LogP contribution in [0.1, 0.15) is 41.2 Å². The summed E-state index contributed by atoms with van der Waals surface area (Å²) < 4.78 is 13.3. The molecule has 0 saturated carbocycles. The van der Waals surface area contributed by atoms with Crippen LogP contribution in [-0.4, -0.2) is 22.7 Å². The highest BCUT2D eigenvalue weighted by Crippen LogP contribution is 2.33. The van der Waals surface area contributed by atoms with Gasteiger partial charge in [-0.15, -0.1) is 0 Å². The van der Waals surface area contributed by atoms with E-state index >= 15 is 0 Å². The van der Waals surface area contributed by atoms with Gasteiger partial charge in [-0.05, 0) is 31.5 Å². The molecule has 0 aliphatic carbocycles. The van der Waals surface area contributed by atoms with Crippen molar-refractivity contribution in [1.82, 2.24) is 5.32 Å². The van der Waals surface area contributed by atoms with Gasteiger partial charge in [-0.1, -0.05) is 6.42 Å². The van der Waals surface area contributed by atoms with Crippen LogP contribution in [-0.2, 0) is 0 Å². The minimum absolute atomic E-state index is 0.169. The second-order valence-corrected chi connectivity index (χ2v) is 4.20. The molecule has 0 aromatic heterocycles. The molecule has 0 unspecified atom stereocenters. The van der Waals surface area contributed by atoms with Crippen molar-refractivity contribution in [3.63, 3.8) is 0 Å². The van der Waals surface area contributed by atoms with Crippen LogP contribution in [0.15, 0.2) is 12.1 Å². The summed E-state index contributed by atoms with van der Waals surface area (Å²) in [6.45, 7) is 0.795. The standard InChI is InChI=1S/C12H14FNO3/c13-7-5-8(10-3-1-2-4-14-10)11(15)9(6-7)12(16)17/h5-6,10,14-15H,1-4H2,(H,16,17)/t10-/m1/s1. The number of aromatic carboxylic acids is 1. The lowest BCUT2D eigenvalue weighted by Crippen LogP contribution is -2.27. The van der Waals surface area contributed by atoms with Crippen LogP contribution in [0.4, 0.5) is 4.39 Å². The fourth-order valence-corrected chi connectivity index (χ4v) is 2.17. The molecule has 4 nitrogen and oxygen atoms in total. The molecule has 3 N–H and O–H groups in total. The summed E-state index contributed by atoms with van der Waals surface area (Å²) in [6, 6.07) is 1.87. The third kappa shape index (κ3) is 2.39. The van der Waals surface area contributed by atoms with Crippen molar-refractivity contribution < 1.29 is 19.4 Å². The van der Waals surface area contributed by atoms with E-state index in [9.17, 15) is 14.3 Å². The largest absolute Gasteiger partial charge is 0.507 e. The van der Waals surface area contributed by atoms with E-state index in [1.165, 1.54) is 6.07 Å². The molecule has 1 aliphatic heterocycles. The fourth-order valence-electron chi connectivity index (χ4n) is 2.17. The molecule has 1 aromatic rings. The second-order valence-electron chi connectivity index (χ2n) is 4.20. The first-order chi connectivity index (χ1) is 8.09. The summed E-state index contributed by atoms with van der Waals surface area (Å²) in [7, 11) is 0. The van der Waals surface area contributed by atoms with Crippen molar-refractivity contribution in [1.29, 1.82) is 0 Å². The zero-order chi connectivity index (χ0) is 12.4. The maximum absolute atomic E-state index is 13.3. The predicted octanol–water partition coefficient (Wildman–Crippen LogP) is 2.04. The van der Waals surface area contributed by atoms with E-state index < -0.39 is 11.8 Å². The summed E-state index contributed by atoms with van der Waals surface area (Å²) >= 11 is 0. The number of carboxylic acid groups (broad SMARTS) is 1. The molecule has 17 heavy (non-hydrogen) atoms. The van der Waals surface area contributed by atoms with E-state index in [2.05, 4.69) is 5.32 Å². The highest BCUT2D eigenvalue weighted by atomic mass is 19.1. The van der Waals surface area contributed by atoms with E-state index in [1.807, 2.05) is 0 Å². The number of hydrogen-bond donors (Lipinski definition) is 3. The van der Waals surface area contributed by atoms with E-state index in [0.717, 1.165) is 31.9 Å². The van der Waals surface area contributed by atoms with Gasteiger partial charge in [0.25, 0.3) is 0 Å². The number of carbonyl (C=O) groups is 1. The lowest BCUT2D eigenvalue weighted by atomic mass is 9.95. The first kappa shape index (κ1) is 11.9. The molecule has 1 aliphatic rings. The van der Waals surface area contributed by atoms with Crippen LogP contribution in [0.25, 0.3) is 0 Å². The highest BCUT2D eigenvalue weighted by molar-refractivity contribution is 5.91. The normalized spacial score (nSPS) is 20.2. The van der Waals surface area contributed by atoms with Crippen molar-refractivity contribution in [3.05, 3.63) is 29.1 Å². The lowest BCUT2D eigenvalue weighted by Gasteiger charge is -2.25. The number of rotatable bonds is 2. The Kier molecular flexibility index (Phi) is 3.28. The van der Waals surface area contributed by atoms with Gasteiger partial charge in [-0.3, -0.25) is 0 Å². The van der Waals surface area contributed by atoms with Crippen molar-refractivity contribution in [3.8, 4) is 5.75 Å². The fraction of sp³-hybridized carbons (Fsp3) is 0.417. The van der Waals surface area contributed by atoms with Gasteiger partial charge >= 0.3 is 5.97 Å². The van der Waals surface area contributed by atoms with Crippen LogP contribution in [0.5, 0.6) is 5.75 Å². The minimum atomic E-state index is -1.32. The van der Waals surface area contributed by atoms with E-state index in [0.29, 0.717) is 5.56 Å². The SMILES string of the molecule is O=C(O)c1cc(F)cc([C@H]2CCCCN2)c1O. The molecule has 1 saturated heterocycles. The molecule has 1 heterocycles. The number of halogens is 1. The topological polar surface area (TPSA) is 69.6 Å². The van der Waals surface area contributed by atoms with Crippen LogP contribution < -0.4 is 5.32 Å². The van der Waals surface area contributed by atoms with E-state index in [1.54, 1.807) is 0 Å². The Morgan fingerprint density at radius 2 is 2.18 bits per heavy atom. The van der Waals surface area contributed by atoms with E-state index in [4.69, 9.17) is 5.11 Å². The molecule has 1 fully saturated rings. The number of hydrogen-bond acceptors (Lipinski definition) is 3. The van der Waals surface area contributed by atoms with Gasteiger partial charge in [0.15, 0.2) is 0 Å². The maximum atomic E-state index is 13.3. The first-order valence-electron chi connectivity index (χ1n) is 5.58. The minimum Gasteiger partial charge on any atom is -0.507 e. The van der Waals surface area contributed by atoms with Crippen molar-refractivity contribution in [2.75, 3.05) is 6.54 Å². The summed E-state index contributed by atoms with van der Waals surface area (Å²) in [6.07, 6.45) is 2.80. The molecule has 5 heteroatoms. The van der Waals surface area contributed by atoms with Gasteiger partial charge in [0.05, 0.1) is 0 Å². The van der Waals surface area contributed by atoms with E-state index in [-0.39, 0.29) is 17.4 Å². The number of aromatic hydroxyl groups is 1. The molecule has 2 rings (SSSR count). The number of carboxylic acids is 1. The summed E-state index contributed by atoms with van der Waals surface area (Å²) in [5.41, 5.74) is -0.0468. The van der Waals surface area contributed by atoms with Crippen LogP contribution in [0.2, 0.25) is 0 Å². The molecular formula is C12H14FNO3. The van der Waals surface area contributed by atoms with Gasteiger partial charge in [-0.25, -0.2) is 9.18 Å². The van der Waals surface area contributed by atoms with Gasteiger partial charge in [0, 0.05) is 11.6 Å². The summed E-state index contributed by atoms with van der Waals surface area (Å²) in [5.74, 6) is -2.29. The number of benzene rings is 1. The van der Waals surface area contributed by atoms with Gasteiger partial charge < -0.3 is 15.5 Å². The van der Waals surface area contributed by atoms with Gasteiger partial charge in [0.2, 0.25) is 0 Å². The Hall–Kier alpha value is -1.62. The molecule has 1 aromatic carbocycles. The third-order valence-electron chi connectivity index (χ3n) is 3.02. The number of nitrogens with one attached hydrogen (secondary N) is 1. The second kappa shape index (κ2) is 4.71.